The molecule has 1 saturated heterocycles. The highest BCUT2D eigenvalue weighted by molar-refractivity contribution is 6.07. The zero-order valence-electron chi connectivity index (χ0n) is 21.6. The maximum atomic E-state index is 13.1. The molecule has 3 aromatic rings. The van der Waals surface area contributed by atoms with E-state index in [1.165, 1.54) is 0 Å². The first-order valence-corrected chi connectivity index (χ1v) is 12.7. The predicted molar refractivity (Wildman–Crippen MR) is 148 cm³/mol. The van der Waals surface area contributed by atoms with E-state index in [2.05, 4.69) is 45.3 Å². The van der Waals surface area contributed by atoms with Gasteiger partial charge in [-0.25, -0.2) is 4.98 Å². The number of carbonyl (C=O) groups excluding carboxylic acids is 2. The van der Waals surface area contributed by atoms with Gasteiger partial charge >= 0.3 is 0 Å². The third kappa shape index (κ3) is 5.67. The van der Waals surface area contributed by atoms with Crippen LogP contribution in [0.25, 0.3) is 0 Å². The number of aryl methyl sites for hydroxylation is 2. The molecular weight excluding hydrogens is 450 g/mol. The summed E-state index contributed by atoms with van der Waals surface area (Å²) in [6, 6.07) is 15.0. The lowest BCUT2D eigenvalue weighted by Gasteiger charge is -2.22. The molecule has 0 atom stereocenters. The molecule has 0 radical (unpaired) electrons. The van der Waals surface area contributed by atoms with Gasteiger partial charge in [0.2, 0.25) is 0 Å². The molecule has 0 unspecified atom stereocenters. The molecule has 0 aliphatic carbocycles. The van der Waals surface area contributed by atoms with Gasteiger partial charge in [0.05, 0.1) is 0 Å². The molecule has 1 aliphatic heterocycles. The highest BCUT2D eigenvalue weighted by atomic mass is 16.2. The highest BCUT2D eigenvalue weighted by Gasteiger charge is 2.17. The Morgan fingerprint density at radius 1 is 0.889 bits per heavy atom. The van der Waals surface area contributed by atoms with Crippen molar-refractivity contribution < 1.29 is 9.59 Å². The maximum absolute atomic E-state index is 13.1. The molecule has 0 saturated carbocycles. The molecule has 2 heterocycles. The topological polar surface area (TPSA) is 77.6 Å². The van der Waals surface area contributed by atoms with Crippen molar-refractivity contribution in [3.05, 3.63) is 77.0 Å². The lowest BCUT2D eigenvalue weighted by molar-refractivity contribution is 0.101. The summed E-state index contributed by atoms with van der Waals surface area (Å²) in [4.78, 5) is 34.9. The van der Waals surface area contributed by atoms with Gasteiger partial charge in [-0.2, -0.15) is 0 Å². The molecule has 2 N–H and O–H groups in total. The van der Waals surface area contributed by atoms with Crippen LogP contribution in [0.4, 0.5) is 22.9 Å². The summed E-state index contributed by atoms with van der Waals surface area (Å²) >= 11 is 0. The summed E-state index contributed by atoms with van der Waals surface area (Å²) in [6.07, 6.45) is 3.97. The summed E-state index contributed by atoms with van der Waals surface area (Å²) in [5.74, 6) is 0.454. The van der Waals surface area contributed by atoms with Crippen LogP contribution in [0.5, 0.6) is 0 Å². The summed E-state index contributed by atoms with van der Waals surface area (Å²) < 4.78 is 0. The number of rotatable bonds is 8. The number of carbonyl (C=O) groups is 2. The average molecular weight is 486 g/mol. The SMILES string of the molecule is CCN(CC)c1ccc(C(=O)Nc2cc(NC(=O)c3ccnc(N4CCCC4)c3)ccc2C)c(C)c1. The maximum Gasteiger partial charge on any atom is 0.255 e. The lowest BCUT2D eigenvalue weighted by atomic mass is 10.1. The fourth-order valence-corrected chi connectivity index (χ4v) is 4.59. The predicted octanol–water partition coefficient (Wildman–Crippen LogP) is 5.65. The number of hydrogen-bond donors (Lipinski definition) is 2. The minimum absolute atomic E-state index is 0.172. The second-order valence-corrected chi connectivity index (χ2v) is 9.21. The van der Waals surface area contributed by atoms with Crippen LogP contribution in [0.1, 0.15) is 58.5 Å². The first kappa shape index (κ1) is 25.2. The molecule has 7 heteroatoms. The van der Waals surface area contributed by atoms with Gasteiger partial charge < -0.3 is 20.4 Å². The fourth-order valence-electron chi connectivity index (χ4n) is 4.59. The molecule has 4 rings (SSSR count). The van der Waals surface area contributed by atoms with Gasteiger partial charge in [0.25, 0.3) is 11.8 Å². The Bertz CT molecular complexity index is 1250. The Hall–Kier alpha value is -3.87. The smallest absolute Gasteiger partial charge is 0.255 e. The number of nitrogens with zero attached hydrogens (tertiary/aromatic N) is 3. The van der Waals surface area contributed by atoms with E-state index < -0.39 is 0 Å². The second-order valence-electron chi connectivity index (χ2n) is 9.21. The number of anilines is 4. The van der Waals surface area contributed by atoms with E-state index in [4.69, 9.17) is 0 Å². The van der Waals surface area contributed by atoms with Gasteiger partial charge in [-0.05, 0) is 94.1 Å². The molecule has 36 heavy (non-hydrogen) atoms. The van der Waals surface area contributed by atoms with E-state index >= 15 is 0 Å². The molecular formula is C29H35N5O2. The Kier molecular flexibility index (Phi) is 7.88. The largest absolute Gasteiger partial charge is 0.372 e. The van der Waals surface area contributed by atoms with Crippen LogP contribution in [0.2, 0.25) is 0 Å². The quantitative estimate of drug-likeness (QED) is 0.431. The molecule has 7 nitrogen and oxygen atoms in total. The van der Waals surface area contributed by atoms with Crippen molar-refractivity contribution in [2.24, 2.45) is 0 Å². The van der Waals surface area contributed by atoms with E-state index in [0.717, 1.165) is 61.7 Å². The van der Waals surface area contributed by atoms with Crippen molar-refractivity contribution in [1.29, 1.82) is 0 Å². The number of hydrogen-bond acceptors (Lipinski definition) is 5. The molecule has 2 amide bonds. The summed E-state index contributed by atoms with van der Waals surface area (Å²) in [7, 11) is 0. The second kappa shape index (κ2) is 11.2. The molecule has 188 valence electrons. The molecule has 2 aromatic carbocycles. The first-order valence-electron chi connectivity index (χ1n) is 12.7. The van der Waals surface area contributed by atoms with Crippen LogP contribution in [0.15, 0.2) is 54.7 Å². The molecule has 1 aliphatic rings. The van der Waals surface area contributed by atoms with Gasteiger partial charge in [0.15, 0.2) is 0 Å². The van der Waals surface area contributed by atoms with Gasteiger partial charge in [-0.1, -0.05) is 6.07 Å². The van der Waals surface area contributed by atoms with Crippen molar-refractivity contribution in [2.75, 3.05) is 46.6 Å². The summed E-state index contributed by atoms with van der Waals surface area (Å²) in [6.45, 7) is 11.9. The van der Waals surface area contributed by atoms with Crippen LogP contribution in [0.3, 0.4) is 0 Å². The van der Waals surface area contributed by atoms with Crippen molar-refractivity contribution >= 4 is 34.7 Å². The van der Waals surface area contributed by atoms with Crippen molar-refractivity contribution in [3.63, 3.8) is 0 Å². The Labute approximate surface area is 213 Å². The van der Waals surface area contributed by atoms with E-state index in [9.17, 15) is 9.59 Å². The first-order chi connectivity index (χ1) is 17.4. The van der Waals surface area contributed by atoms with Crippen LogP contribution in [-0.4, -0.2) is 43.0 Å². The van der Waals surface area contributed by atoms with Crippen LogP contribution in [0, 0.1) is 13.8 Å². The number of benzene rings is 2. The molecule has 1 aromatic heterocycles. The van der Waals surface area contributed by atoms with E-state index in [1.807, 2.05) is 44.2 Å². The van der Waals surface area contributed by atoms with Gasteiger partial charge in [-0.15, -0.1) is 0 Å². The normalized spacial score (nSPS) is 12.9. The lowest BCUT2D eigenvalue weighted by Crippen LogP contribution is -2.22. The highest BCUT2D eigenvalue weighted by Crippen LogP contribution is 2.25. The van der Waals surface area contributed by atoms with E-state index in [1.54, 1.807) is 18.3 Å². The van der Waals surface area contributed by atoms with E-state index in [-0.39, 0.29) is 11.8 Å². The van der Waals surface area contributed by atoms with Gasteiger partial charge in [-0.3, -0.25) is 9.59 Å². The standard InChI is InChI=1S/C29H35N5O2/c1-5-33(6-2)24-11-12-25(21(4)17-24)29(36)32-26-19-23(10-9-20(26)3)31-28(35)22-13-14-30-27(18-22)34-15-7-8-16-34/h9-14,17-19H,5-8,15-16H2,1-4H3,(H,31,35)(H,32,36). The monoisotopic (exact) mass is 485 g/mol. The zero-order chi connectivity index (χ0) is 25.7. The number of nitrogens with one attached hydrogen (secondary N) is 2. The minimum Gasteiger partial charge on any atom is -0.372 e. The molecule has 0 bridgehead atoms. The van der Waals surface area contributed by atoms with Gasteiger partial charge in [0, 0.05) is 60.6 Å². The number of amides is 2. The minimum atomic E-state index is -0.207. The third-order valence-corrected chi connectivity index (χ3v) is 6.76. The zero-order valence-corrected chi connectivity index (χ0v) is 21.6. The Balaban J connectivity index is 1.47. The Morgan fingerprint density at radius 2 is 1.64 bits per heavy atom. The third-order valence-electron chi connectivity index (χ3n) is 6.76. The molecule has 0 spiro atoms. The number of aromatic nitrogens is 1. The van der Waals surface area contributed by atoms with E-state index in [0.29, 0.717) is 22.5 Å². The molecule has 1 fully saturated rings. The summed E-state index contributed by atoms with van der Waals surface area (Å²) in [5, 5.41) is 5.98. The Morgan fingerprint density at radius 3 is 2.33 bits per heavy atom. The van der Waals surface area contributed by atoms with Crippen LogP contribution >= 0.6 is 0 Å². The average Bonchev–Trinajstić information content (AvgIpc) is 3.42. The summed E-state index contributed by atoms with van der Waals surface area (Å²) in [5.41, 5.74) is 5.42. The fraction of sp³-hybridized carbons (Fsp3) is 0.345. The van der Waals surface area contributed by atoms with Crippen LogP contribution < -0.4 is 20.4 Å². The van der Waals surface area contributed by atoms with Crippen molar-refractivity contribution in [3.8, 4) is 0 Å². The van der Waals surface area contributed by atoms with Gasteiger partial charge in [0.1, 0.15) is 5.82 Å². The van der Waals surface area contributed by atoms with Crippen LogP contribution in [-0.2, 0) is 0 Å². The number of pyridine rings is 1. The van der Waals surface area contributed by atoms with Crippen molar-refractivity contribution in [2.45, 2.75) is 40.5 Å². The van der Waals surface area contributed by atoms with Crippen molar-refractivity contribution in [1.82, 2.24) is 4.98 Å².